The number of benzene rings is 1. The van der Waals surface area contributed by atoms with Crippen LogP contribution in [0.5, 0.6) is 0 Å². The van der Waals surface area contributed by atoms with Gasteiger partial charge in [0.15, 0.2) is 5.82 Å². The summed E-state index contributed by atoms with van der Waals surface area (Å²) in [5.41, 5.74) is 0.431. The normalized spacial score (nSPS) is 21.8. The van der Waals surface area contributed by atoms with Crippen LogP contribution < -0.4 is 5.32 Å². The van der Waals surface area contributed by atoms with Crippen LogP contribution in [0.25, 0.3) is 0 Å². The van der Waals surface area contributed by atoms with E-state index in [4.69, 9.17) is 4.52 Å². The molecule has 7 nitrogen and oxygen atoms in total. The second kappa shape index (κ2) is 8.38. The van der Waals surface area contributed by atoms with Crippen LogP contribution in [0.1, 0.15) is 48.3 Å². The lowest BCUT2D eigenvalue weighted by Crippen LogP contribution is -2.28. The number of nitrogens with one attached hydrogen (secondary N) is 1. The van der Waals surface area contributed by atoms with Gasteiger partial charge in [-0.25, -0.2) is 4.39 Å². The Morgan fingerprint density at radius 3 is 2.80 bits per heavy atom. The third-order valence-electron chi connectivity index (χ3n) is 5.73. The first-order valence-corrected chi connectivity index (χ1v) is 10.3. The van der Waals surface area contributed by atoms with Gasteiger partial charge in [-0.05, 0) is 49.3 Å². The van der Waals surface area contributed by atoms with Gasteiger partial charge in [0.2, 0.25) is 11.8 Å². The zero-order valence-electron chi connectivity index (χ0n) is 17.1. The molecule has 0 unspecified atom stereocenters. The molecule has 0 spiro atoms. The predicted molar refractivity (Wildman–Crippen MR) is 108 cm³/mol. The van der Waals surface area contributed by atoms with Crippen molar-refractivity contribution in [2.75, 3.05) is 12.4 Å². The van der Waals surface area contributed by atoms with Crippen molar-refractivity contribution in [3.63, 3.8) is 0 Å². The molecular formula is C22H25FN4O3. The van der Waals surface area contributed by atoms with E-state index in [2.05, 4.69) is 27.6 Å². The maximum absolute atomic E-state index is 14.2. The van der Waals surface area contributed by atoms with E-state index >= 15 is 0 Å². The summed E-state index contributed by atoms with van der Waals surface area (Å²) in [5, 5.41) is 6.66. The van der Waals surface area contributed by atoms with Crippen LogP contribution in [-0.2, 0) is 17.8 Å². The van der Waals surface area contributed by atoms with Crippen LogP contribution in [0.4, 0.5) is 10.1 Å². The molecule has 1 fully saturated rings. The first-order valence-electron chi connectivity index (χ1n) is 10.3. The fourth-order valence-electron chi connectivity index (χ4n) is 4.28. The number of allylic oxidation sites excluding steroid dienone is 2. The first-order chi connectivity index (χ1) is 14.4. The van der Waals surface area contributed by atoms with Gasteiger partial charge in [0.25, 0.3) is 5.91 Å². The van der Waals surface area contributed by atoms with Crippen LogP contribution in [-0.4, -0.2) is 33.9 Å². The molecule has 158 valence electrons. The summed E-state index contributed by atoms with van der Waals surface area (Å²) in [6.45, 7) is 2.13. The standard InChI is InChI=1S/C22H25FN4O3/c1-3-4-19-25-20(30-26-19)12-27(2)22(29)15-9-16(23)11-17(10-15)24-21(28)18-8-13-5-6-14(18)7-13/h5-6,9-11,13-14,18H,3-4,7-8,12H2,1-2H3,(H,24,28)/t13-,14+,18+/m1/s1. The third-order valence-corrected chi connectivity index (χ3v) is 5.73. The van der Waals surface area contributed by atoms with Gasteiger partial charge in [0.05, 0.1) is 6.54 Å². The molecule has 2 bridgehead atoms. The van der Waals surface area contributed by atoms with E-state index in [-0.39, 0.29) is 35.5 Å². The molecule has 2 aliphatic rings. The number of carbonyl (C=O) groups is 2. The lowest BCUT2D eigenvalue weighted by molar-refractivity contribution is -0.120. The quantitative estimate of drug-likeness (QED) is 0.702. The highest BCUT2D eigenvalue weighted by Gasteiger charge is 2.39. The zero-order valence-corrected chi connectivity index (χ0v) is 17.1. The van der Waals surface area contributed by atoms with Gasteiger partial charge >= 0.3 is 0 Å². The third kappa shape index (κ3) is 4.27. The van der Waals surface area contributed by atoms with Crippen molar-refractivity contribution in [1.82, 2.24) is 15.0 Å². The second-order valence-corrected chi connectivity index (χ2v) is 8.12. The number of hydrogen-bond donors (Lipinski definition) is 1. The van der Waals surface area contributed by atoms with E-state index in [0.717, 1.165) is 25.3 Å². The molecule has 1 aromatic carbocycles. The van der Waals surface area contributed by atoms with Gasteiger partial charge < -0.3 is 14.7 Å². The summed E-state index contributed by atoms with van der Waals surface area (Å²) in [4.78, 5) is 31.0. The first kappa shape index (κ1) is 20.3. The van der Waals surface area contributed by atoms with E-state index in [9.17, 15) is 14.0 Å². The van der Waals surface area contributed by atoms with Crippen LogP contribution in [0.3, 0.4) is 0 Å². The molecule has 1 N–H and O–H groups in total. The highest BCUT2D eigenvalue weighted by molar-refractivity contribution is 5.97. The molecular weight excluding hydrogens is 387 g/mol. The molecule has 0 radical (unpaired) electrons. The Labute approximate surface area is 174 Å². The van der Waals surface area contributed by atoms with Crippen LogP contribution in [0.2, 0.25) is 0 Å². The van der Waals surface area contributed by atoms with Gasteiger partial charge in [-0.3, -0.25) is 9.59 Å². The molecule has 0 aliphatic heterocycles. The second-order valence-electron chi connectivity index (χ2n) is 8.12. The minimum absolute atomic E-state index is 0.0973. The number of anilines is 1. The Morgan fingerprint density at radius 1 is 1.27 bits per heavy atom. The topological polar surface area (TPSA) is 88.3 Å². The number of hydrogen-bond acceptors (Lipinski definition) is 5. The molecule has 3 atom stereocenters. The molecule has 8 heteroatoms. The highest BCUT2D eigenvalue weighted by atomic mass is 19.1. The lowest BCUT2D eigenvalue weighted by atomic mass is 9.93. The number of amides is 2. The molecule has 4 rings (SSSR count). The molecule has 2 aromatic rings. The fourth-order valence-corrected chi connectivity index (χ4v) is 4.28. The largest absolute Gasteiger partial charge is 0.337 e. The van der Waals surface area contributed by atoms with Crippen LogP contribution in [0.15, 0.2) is 34.9 Å². The molecule has 1 heterocycles. The Hall–Kier alpha value is -3.03. The number of fused-ring (bicyclic) bond motifs is 2. The van der Waals surface area contributed by atoms with Gasteiger partial charge in [-0.15, -0.1) is 0 Å². The van der Waals surface area contributed by atoms with Crippen molar-refractivity contribution >= 4 is 17.5 Å². The van der Waals surface area contributed by atoms with Gasteiger partial charge in [-0.2, -0.15) is 4.98 Å². The van der Waals surface area contributed by atoms with Crippen LogP contribution in [0, 0.1) is 23.6 Å². The average Bonchev–Trinajstić information content (AvgIpc) is 3.44. The Balaban J connectivity index is 1.43. The zero-order chi connectivity index (χ0) is 21.3. The van der Waals surface area contributed by atoms with Crippen molar-refractivity contribution in [3.05, 3.63) is 53.4 Å². The maximum Gasteiger partial charge on any atom is 0.254 e. The summed E-state index contributed by atoms with van der Waals surface area (Å²) in [5.74, 6) is 0.430. The molecule has 0 saturated heterocycles. The van der Waals surface area contributed by atoms with Crippen molar-refractivity contribution < 1.29 is 18.5 Å². The fraction of sp³-hybridized carbons (Fsp3) is 0.455. The number of aryl methyl sites for hydroxylation is 1. The van der Waals surface area contributed by atoms with E-state index in [1.54, 1.807) is 7.05 Å². The average molecular weight is 412 g/mol. The molecule has 30 heavy (non-hydrogen) atoms. The van der Waals surface area contributed by atoms with Gasteiger partial charge in [0.1, 0.15) is 5.82 Å². The summed E-state index contributed by atoms with van der Waals surface area (Å²) < 4.78 is 19.3. The summed E-state index contributed by atoms with van der Waals surface area (Å²) in [7, 11) is 1.58. The number of rotatable bonds is 7. The molecule has 2 aliphatic carbocycles. The lowest BCUT2D eigenvalue weighted by Gasteiger charge is -2.19. The van der Waals surface area contributed by atoms with Crippen molar-refractivity contribution in [1.29, 1.82) is 0 Å². The van der Waals surface area contributed by atoms with E-state index in [1.807, 2.05) is 6.92 Å². The number of aromatic nitrogens is 2. The molecule has 2 amide bonds. The number of nitrogens with zero attached hydrogens (tertiary/aromatic N) is 3. The summed E-state index contributed by atoms with van der Waals surface area (Å²) >= 11 is 0. The summed E-state index contributed by atoms with van der Waals surface area (Å²) in [6.07, 6.45) is 7.68. The maximum atomic E-state index is 14.2. The van der Waals surface area contributed by atoms with Gasteiger partial charge in [0, 0.05) is 30.6 Å². The van der Waals surface area contributed by atoms with E-state index in [1.165, 1.54) is 17.0 Å². The minimum Gasteiger partial charge on any atom is -0.337 e. The molecule has 1 saturated carbocycles. The van der Waals surface area contributed by atoms with Crippen LogP contribution >= 0.6 is 0 Å². The SMILES string of the molecule is CCCc1noc(CN(C)C(=O)c2cc(F)cc(NC(=O)[C@H]3C[C@@H]4C=C[C@H]3C4)c2)n1. The smallest absolute Gasteiger partial charge is 0.254 e. The van der Waals surface area contributed by atoms with Gasteiger partial charge in [-0.1, -0.05) is 24.2 Å². The van der Waals surface area contributed by atoms with Crippen molar-refractivity contribution in [3.8, 4) is 0 Å². The Morgan fingerprint density at radius 2 is 2.10 bits per heavy atom. The minimum atomic E-state index is -0.583. The van der Waals surface area contributed by atoms with Crippen molar-refractivity contribution in [2.24, 2.45) is 17.8 Å². The van der Waals surface area contributed by atoms with E-state index in [0.29, 0.717) is 24.1 Å². The number of halogens is 1. The number of carbonyl (C=O) groups excluding carboxylic acids is 2. The Bertz CT molecular complexity index is 987. The predicted octanol–water partition coefficient (Wildman–Crippen LogP) is 3.58. The molecule has 1 aromatic heterocycles. The van der Waals surface area contributed by atoms with Crippen molar-refractivity contribution in [2.45, 2.75) is 39.2 Å². The van der Waals surface area contributed by atoms with E-state index < -0.39 is 11.7 Å². The monoisotopic (exact) mass is 412 g/mol. The summed E-state index contributed by atoms with van der Waals surface area (Å²) in [6, 6.07) is 3.89. The highest BCUT2D eigenvalue weighted by Crippen LogP contribution is 2.43. The Kier molecular flexibility index (Phi) is 5.65.